The van der Waals surface area contributed by atoms with Crippen LogP contribution in [0, 0.1) is 0 Å². The summed E-state index contributed by atoms with van der Waals surface area (Å²) in [6.07, 6.45) is 2.49. The maximum Gasteiger partial charge on any atom is 0.293 e. The standard InChI is InChI=1S/C19H17NO3S/c1-2-11-20-18(21)17(24-19(20)22)13-14-7-6-10-16(12-14)23-15-8-4-3-5-9-15/h3-10,12-13H,2,11H2,1H3/b17-13+. The molecule has 0 atom stereocenters. The smallest absolute Gasteiger partial charge is 0.293 e. The van der Waals surface area contributed by atoms with E-state index in [0.717, 1.165) is 29.5 Å². The molecular weight excluding hydrogens is 322 g/mol. The Morgan fingerprint density at radius 1 is 1.04 bits per heavy atom. The van der Waals surface area contributed by atoms with Gasteiger partial charge in [0.15, 0.2) is 0 Å². The Balaban J connectivity index is 1.80. The van der Waals surface area contributed by atoms with Gasteiger partial charge in [-0.25, -0.2) is 0 Å². The van der Waals surface area contributed by atoms with Gasteiger partial charge in [-0.2, -0.15) is 0 Å². The van der Waals surface area contributed by atoms with Gasteiger partial charge in [0.25, 0.3) is 11.1 Å². The number of hydrogen-bond donors (Lipinski definition) is 0. The lowest BCUT2D eigenvalue weighted by Crippen LogP contribution is -2.28. The molecule has 0 aromatic heterocycles. The number of hydrogen-bond acceptors (Lipinski definition) is 4. The van der Waals surface area contributed by atoms with E-state index in [4.69, 9.17) is 4.74 Å². The summed E-state index contributed by atoms with van der Waals surface area (Å²) in [7, 11) is 0. The molecule has 0 radical (unpaired) electrons. The number of carbonyl (C=O) groups is 2. The first-order chi connectivity index (χ1) is 11.7. The molecule has 0 spiro atoms. The molecule has 122 valence electrons. The number of imide groups is 1. The summed E-state index contributed by atoms with van der Waals surface area (Å²) in [4.78, 5) is 25.9. The molecule has 0 N–H and O–H groups in total. The van der Waals surface area contributed by atoms with E-state index in [0.29, 0.717) is 17.2 Å². The van der Waals surface area contributed by atoms with Crippen LogP contribution in [0.1, 0.15) is 18.9 Å². The Kier molecular flexibility index (Phi) is 5.01. The van der Waals surface area contributed by atoms with Crippen molar-refractivity contribution in [2.24, 2.45) is 0 Å². The number of nitrogens with zero attached hydrogens (tertiary/aromatic N) is 1. The van der Waals surface area contributed by atoms with Crippen molar-refractivity contribution in [1.82, 2.24) is 4.90 Å². The normalized spacial score (nSPS) is 16.0. The molecule has 0 unspecified atom stereocenters. The summed E-state index contributed by atoms with van der Waals surface area (Å²) in [6, 6.07) is 16.9. The van der Waals surface area contributed by atoms with Gasteiger partial charge in [0.05, 0.1) is 4.91 Å². The van der Waals surface area contributed by atoms with E-state index >= 15 is 0 Å². The van der Waals surface area contributed by atoms with Crippen molar-refractivity contribution in [3.05, 3.63) is 65.1 Å². The minimum atomic E-state index is -0.221. The quantitative estimate of drug-likeness (QED) is 0.725. The molecule has 0 aliphatic carbocycles. The predicted octanol–water partition coefficient (Wildman–Crippen LogP) is 4.93. The Hall–Kier alpha value is -2.53. The third-order valence-electron chi connectivity index (χ3n) is 3.46. The number of ether oxygens (including phenoxy) is 1. The van der Waals surface area contributed by atoms with Crippen molar-refractivity contribution in [3.63, 3.8) is 0 Å². The van der Waals surface area contributed by atoms with Gasteiger partial charge >= 0.3 is 0 Å². The van der Waals surface area contributed by atoms with Crippen LogP contribution in [-0.2, 0) is 4.79 Å². The van der Waals surface area contributed by atoms with Gasteiger partial charge in [-0.05, 0) is 54.1 Å². The molecule has 1 aliphatic rings. The van der Waals surface area contributed by atoms with E-state index < -0.39 is 0 Å². The molecule has 2 aromatic rings. The molecule has 3 rings (SSSR count). The summed E-state index contributed by atoms with van der Waals surface area (Å²) < 4.78 is 5.79. The molecule has 0 bridgehead atoms. The Morgan fingerprint density at radius 3 is 2.54 bits per heavy atom. The maximum atomic E-state index is 12.3. The number of para-hydroxylation sites is 1. The zero-order valence-electron chi connectivity index (χ0n) is 13.3. The third-order valence-corrected chi connectivity index (χ3v) is 4.36. The van der Waals surface area contributed by atoms with Crippen molar-refractivity contribution < 1.29 is 14.3 Å². The minimum Gasteiger partial charge on any atom is -0.457 e. The van der Waals surface area contributed by atoms with Crippen LogP contribution in [0.4, 0.5) is 4.79 Å². The lowest BCUT2D eigenvalue weighted by molar-refractivity contribution is -0.122. The van der Waals surface area contributed by atoms with Gasteiger partial charge in [0.2, 0.25) is 0 Å². The number of benzene rings is 2. The SMILES string of the molecule is CCCN1C(=O)S/C(=C/c2cccc(Oc3ccccc3)c2)C1=O. The van der Waals surface area contributed by atoms with E-state index in [1.54, 1.807) is 6.08 Å². The fraction of sp³-hybridized carbons (Fsp3) is 0.158. The number of thioether (sulfide) groups is 1. The van der Waals surface area contributed by atoms with Crippen molar-refractivity contribution in [1.29, 1.82) is 0 Å². The van der Waals surface area contributed by atoms with E-state index in [1.165, 1.54) is 4.90 Å². The highest BCUT2D eigenvalue weighted by atomic mass is 32.2. The fourth-order valence-corrected chi connectivity index (χ4v) is 3.23. The molecule has 2 aromatic carbocycles. The predicted molar refractivity (Wildman–Crippen MR) is 95.9 cm³/mol. The summed E-state index contributed by atoms with van der Waals surface area (Å²) in [5, 5.41) is -0.204. The molecule has 5 heteroatoms. The van der Waals surface area contributed by atoms with Gasteiger partial charge in [-0.1, -0.05) is 37.3 Å². The van der Waals surface area contributed by atoms with Crippen LogP contribution in [0.2, 0.25) is 0 Å². The molecule has 1 saturated heterocycles. The van der Waals surface area contributed by atoms with Crippen molar-refractivity contribution in [2.45, 2.75) is 13.3 Å². The maximum absolute atomic E-state index is 12.3. The monoisotopic (exact) mass is 339 g/mol. The highest BCUT2D eigenvalue weighted by Gasteiger charge is 2.34. The summed E-state index contributed by atoms with van der Waals surface area (Å²) in [6.45, 7) is 2.40. The lowest BCUT2D eigenvalue weighted by atomic mass is 10.2. The first-order valence-electron chi connectivity index (χ1n) is 7.75. The fourth-order valence-electron chi connectivity index (χ4n) is 2.36. The zero-order chi connectivity index (χ0) is 16.9. The average molecular weight is 339 g/mol. The van der Waals surface area contributed by atoms with Gasteiger partial charge in [-0.15, -0.1) is 0 Å². The van der Waals surface area contributed by atoms with Gasteiger partial charge in [0, 0.05) is 6.54 Å². The van der Waals surface area contributed by atoms with Crippen molar-refractivity contribution >= 4 is 29.0 Å². The zero-order valence-corrected chi connectivity index (χ0v) is 14.1. The van der Waals surface area contributed by atoms with E-state index in [2.05, 4.69) is 0 Å². The lowest BCUT2D eigenvalue weighted by Gasteiger charge is -2.09. The average Bonchev–Trinajstić information content (AvgIpc) is 2.84. The largest absolute Gasteiger partial charge is 0.457 e. The second-order valence-electron chi connectivity index (χ2n) is 5.32. The van der Waals surface area contributed by atoms with Gasteiger partial charge < -0.3 is 4.74 Å². The van der Waals surface area contributed by atoms with Gasteiger partial charge in [0.1, 0.15) is 11.5 Å². The molecule has 2 amide bonds. The van der Waals surface area contributed by atoms with Crippen LogP contribution in [0.3, 0.4) is 0 Å². The van der Waals surface area contributed by atoms with E-state index in [-0.39, 0.29) is 11.1 Å². The second kappa shape index (κ2) is 7.36. The van der Waals surface area contributed by atoms with Crippen LogP contribution >= 0.6 is 11.8 Å². The van der Waals surface area contributed by atoms with Crippen LogP contribution in [0.25, 0.3) is 6.08 Å². The third kappa shape index (κ3) is 3.68. The molecule has 0 saturated carbocycles. The van der Waals surface area contributed by atoms with Crippen LogP contribution in [0.5, 0.6) is 11.5 Å². The molecule has 24 heavy (non-hydrogen) atoms. The summed E-state index contributed by atoms with van der Waals surface area (Å²) in [5.41, 5.74) is 0.824. The van der Waals surface area contributed by atoms with E-state index in [9.17, 15) is 9.59 Å². The molecule has 4 nitrogen and oxygen atoms in total. The highest BCUT2D eigenvalue weighted by Crippen LogP contribution is 2.33. The molecule has 1 fully saturated rings. The highest BCUT2D eigenvalue weighted by molar-refractivity contribution is 8.18. The van der Waals surface area contributed by atoms with Crippen LogP contribution < -0.4 is 4.74 Å². The second-order valence-corrected chi connectivity index (χ2v) is 6.31. The summed E-state index contributed by atoms with van der Waals surface area (Å²) in [5.74, 6) is 1.21. The Labute approximate surface area is 145 Å². The van der Waals surface area contributed by atoms with Crippen molar-refractivity contribution in [2.75, 3.05) is 6.54 Å². The van der Waals surface area contributed by atoms with Crippen LogP contribution in [0.15, 0.2) is 59.5 Å². The molecular formula is C19H17NO3S. The minimum absolute atomic E-state index is 0.204. The Bertz CT molecular complexity index is 786. The number of rotatable bonds is 5. The molecule has 1 heterocycles. The number of amides is 2. The molecule has 1 aliphatic heterocycles. The van der Waals surface area contributed by atoms with Crippen molar-refractivity contribution in [3.8, 4) is 11.5 Å². The number of carbonyl (C=O) groups excluding carboxylic acids is 2. The first-order valence-corrected chi connectivity index (χ1v) is 8.57. The first kappa shape index (κ1) is 16.3. The van der Waals surface area contributed by atoms with E-state index in [1.807, 2.05) is 61.5 Å². The topological polar surface area (TPSA) is 46.6 Å². The van der Waals surface area contributed by atoms with Gasteiger partial charge in [-0.3, -0.25) is 14.5 Å². The summed E-state index contributed by atoms with van der Waals surface area (Å²) >= 11 is 0.984. The van der Waals surface area contributed by atoms with Crippen LogP contribution in [-0.4, -0.2) is 22.6 Å². The Morgan fingerprint density at radius 2 is 1.79 bits per heavy atom.